The molecule has 0 saturated heterocycles. The molecule has 0 bridgehead atoms. The van der Waals surface area contributed by atoms with Crippen molar-refractivity contribution < 1.29 is 0 Å². The van der Waals surface area contributed by atoms with E-state index in [1.165, 1.54) is 199 Å². The fourth-order valence-corrected chi connectivity index (χ4v) is 7.81. The van der Waals surface area contributed by atoms with Crippen molar-refractivity contribution in [2.45, 2.75) is 253 Å². The molecule has 0 fully saturated rings. The van der Waals surface area contributed by atoms with Crippen LogP contribution in [0.5, 0.6) is 0 Å². The van der Waals surface area contributed by atoms with E-state index in [1.807, 2.05) is 0 Å². The van der Waals surface area contributed by atoms with Crippen molar-refractivity contribution in [3.05, 3.63) is 0 Å². The predicted octanol–water partition coefficient (Wildman–Crippen LogP) is 14.8. The first-order chi connectivity index (χ1) is 21.1. The van der Waals surface area contributed by atoms with Crippen LogP contribution in [-0.2, 0) is 0 Å². The Morgan fingerprint density at radius 3 is 0.889 bits per heavy atom. The largest absolute Gasteiger partial charge is 0.313 e. The molecule has 45 heavy (non-hydrogen) atoms. The number of halogens is 1. The molecule has 0 spiro atoms. The van der Waals surface area contributed by atoms with Gasteiger partial charge < -0.3 is 11.5 Å². The fourth-order valence-electron chi connectivity index (χ4n) is 7.81. The number of rotatable bonds is 34. The molecule has 0 aliphatic heterocycles. The highest BCUT2D eigenvalue weighted by Crippen LogP contribution is 2.55. The summed E-state index contributed by atoms with van der Waals surface area (Å²) in [5.74, 6) is 0.719. The summed E-state index contributed by atoms with van der Waals surface area (Å²) in [5, 5.41) is 0. The van der Waals surface area contributed by atoms with Gasteiger partial charge in [-0.25, -0.2) is 0 Å². The van der Waals surface area contributed by atoms with Crippen LogP contribution in [0.25, 0.3) is 0 Å². The zero-order valence-corrected chi connectivity index (χ0v) is 33.4. The van der Waals surface area contributed by atoms with Crippen LogP contribution in [0.15, 0.2) is 0 Å². The molecule has 4 N–H and O–H groups in total. The highest BCUT2D eigenvalue weighted by Gasteiger charge is 2.52. The summed E-state index contributed by atoms with van der Waals surface area (Å²) in [4.78, 5) is 0. The Bertz CT molecular complexity index is 598. The molecule has 2 nitrogen and oxygen atoms in total. The summed E-state index contributed by atoms with van der Waals surface area (Å²) in [6.07, 6.45) is 43.4. The Balaban J connectivity index is 0. The van der Waals surface area contributed by atoms with Gasteiger partial charge in [0.15, 0.2) is 0 Å². The van der Waals surface area contributed by atoms with Gasteiger partial charge in [0.1, 0.15) is 0 Å². The molecule has 0 heterocycles. The van der Waals surface area contributed by atoms with E-state index >= 15 is 0 Å². The van der Waals surface area contributed by atoms with Crippen LogP contribution in [0.1, 0.15) is 248 Å². The first-order valence-corrected chi connectivity index (χ1v) is 20.7. The van der Waals surface area contributed by atoms with E-state index in [-0.39, 0.29) is 23.2 Å². The zero-order valence-electron chi connectivity index (χ0n) is 32.6. The second-order valence-electron chi connectivity index (χ2n) is 16.2. The normalized spacial score (nSPS) is 14.3. The minimum absolute atomic E-state index is 0. The predicted molar refractivity (Wildman–Crippen MR) is 210 cm³/mol. The van der Waals surface area contributed by atoms with E-state index in [2.05, 4.69) is 48.5 Å². The summed E-state index contributed by atoms with van der Waals surface area (Å²) in [6, 6.07) is 0. The molecule has 2 atom stereocenters. The minimum Gasteiger partial charge on any atom is -0.313 e. The molecule has 0 radical (unpaired) electrons. The third-order valence-electron chi connectivity index (χ3n) is 12.0. The lowest BCUT2D eigenvalue weighted by Crippen LogP contribution is -2.65. The third kappa shape index (κ3) is 22.5. The number of unbranched alkanes of at least 4 members (excludes halogenated alkanes) is 25. The van der Waals surface area contributed by atoms with Crippen LogP contribution in [-0.4, -0.2) is 5.66 Å². The molecule has 0 saturated carbocycles. The average molecular weight is 658 g/mol. The maximum absolute atomic E-state index is 6.82. The number of hydrogen-bond donors (Lipinski definition) is 2. The van der Waals surface area contributed by atoms with Crippen molar-refractivity contribution in [1.82, 2.24) is 0 Å². The van der Waals surface area contributed by atoms with Gasteiger partial charge in [-0.2, -0.15) is 0 Å². The molecule has 3 heteroatoms. The van der Waals surface area contributed by atoms with Gasteiger partial charge in [-0.3, -0.25) is 0 Å². The van der Waals surface area contributed by atoms with Crippen LogP contribution in [0.2, 0.25) is 0 Å². The zero-order chi connectivity index (χ0) is 33.0. The van der Waals surface area contributed by atoms with Gasteiger partial charge in [0.25, 0.3) is 0 Å². The van der Waals surface area contributed by atoms with Gasteiger partial charge in [-0.15, -0.1) is 12.4 Å². The molecular weight excluding hydrogens is 568 g/mol. The Kier molecular flexibility index (Phi) is 31.8. The van der Waals surface area contributed by atoms with Gasteiger partial charge in [-0.05, 0) is 37.5 Å². The number of nitrogens with two attached hydrogens (primary N) is 2. The van der Waals surface area contributed by atoms with Gasteiger partial charge in [0.05, 0.1) is 5.66 Å². The van der Waals surface area contributed by atoms with Crippen LogP contribution < -0.4 is 11.5 Å². The smallest absolute Gasteiger partial charge is 0.0665 e. The summed E-state index contributed by atoms with van der Waals surface area (Å²) in [5.41, 5.74) is 13.0. The molecular formula is C42H89ClN2. The van der Waals surface area contributed by atoms with Crippen LogP contribution >= 0.6 is 12.4 Å². The molecule has 0 aliphatic rings. The van der Waals surface area contributed by atoms with E-state index in [0.29, 0.717) is 0 Å². The first kappa shape index (κ1) is 47.3. The molecule has 0 amide bonds. The second-order valence-corrected chi connectivity index (χ2v) is 16.2. The maximum Gasteiger partial charge on any atom is 0.0665 e. The van der Waals surface area contributed by atoms with Crippen molar-refractivity contribution in [2.24, 2.45) is 28.2 Å². The Morgan fingerprint density at radius 1 is 0.378 bits per heavy atom. The molecule has 2 unspecified atom stereocenters. The highest BCUT2D eigenvalue weighted by atomic mass is 35.5. The topological polar surface area (TPSA) is 52.0 Å². The Labute approximate surface area is 293 Å². The van der Waals surface area contributed by atoms with E-state index in [0.717, 1.165) is 5.92 Å². The van der Waals surface area contributed by atoms with E-state index in [9.17, 15) is 0 Å². The summed E-state index contributed by atoms with van der Waals surface area (Å²) < 4.78 is 0. The lowest BCUT2D eigenvalue weighted by atomic mass is 9.52. The highest BCUT2D eigenvalue weighted by molar-refractivity contribution is 5.85. The van der Waals surface area contributed by atoms with Crippen molar-refractivity contribution in [1.29, 1.82) is 0 Å². The fraction of sp³-hybridized carbons (Fsp3) is 1.00. The van der Waals surface area contributed by atoms with Crippen molar-refractivity contribution in [3.8, 4) is 0 Å². The molecule has 0 aromatic heterocycles. The lowest BCUT2D eigenvalue weighted by molar-refractivity contribution is -0.0508. The van der Waals surface area contributed by atoms with Crippen LogP contribution in [0.3, 0.4) is 0 Å². The first-order valence-electron chi connectivity index (χ1n) is 20.7. The Morgan fingerprint density at radius 2 is 0.622 bits per heavy atom. The summed E-state index contributed by atoms with van der Waals surface area (Å²) >= 11 is 0. The average Bonchev–Trinajstić information content (AvgIpc) is 2.98. The number of hydrogen-bond acceptors (Lipinski definition) is 2. The quantitative estimate of drug-likeness (QED) is 0.0534. The van der Waals surface area contributed by atoms with Crippen molar-refractivity contribution in [3.63, 3.8) is 0 Å². The molecule has 0 aromatic carbocycles. The van der Waals surface area contributed by atoms with E-state index < -0.39 is 5.66 Å². The van der Waals surface area contributed by atoms with E-state index in [4.69, 9.17) is 11.5 Å². The minimum atomic E-state index is -0.671. The van der Waals surface area contributed by atoms with Gasteiger partial charge >= 0.3 is 0 Å². The van der Waals surface area contributed by atoms with Crippen molar-refractivity contribution in [2.75, 3.05) is 0 Å². The maximum atomic E-state index is 6.82. The van der Waals surface area contributed by atoms with Crippen LogP contribution in [0.4, 0.5) is 0 Å². The van der Waals surface area contributed by atoms with Crippen LogP contribution in [0, 0.1) is 16.7 Å². The third-order valence-corrected chi connectivity index (χ3v) is 12.0. The van der Waals surface area contributed by atoms with Gasteiger partial charge in [0, 0.05) is 5.41 Å². The standard InChI is InChI=1S/C42H88N2.ClH/c1-8-11-14-17-20-23-24-25-26-28-31-34-37-39(36-33-30-27-21-18-15-12-9-2)41(6,40(4,5)42(7,43)44)38-35-32-29-22-19-16-13-10-3;/h39H,8-38,43-44H2,1-7H3;1H. The second kappa shape index (κ2) is 30.3. The molecule has 0 rings (SSSR count). The van der Waals surface area contributed by atoms with E-state index in [1.54, 1.807) is 0 Å². The Hall–Kier alpha value is 0.210. The SMILES string of the molecule is CCCCCCCCCCCCCCC(CCCCCCCCCC)C(C)(CCCCCCCCCC)C(C)(C)C(C)(N)N.Cl. The molecule has 0 aliphatic carbocycles. The summed E-state index contributed by atoms with van der Waals surface area (Å²) in [6.45, 7) is 16.4. The van der Waals surface area contributed by atoms with Gasteiger partial charge in [0.2, 0.25) is 0 Å². The molecule has 274 valence electrons. The summed E-state index contributed by atoms with van der Waals surface area (Å²) in [7, 11) is 0. The lowest BCUT2D eigenvalue weighted by Gasteiger charge is -2.56. The van der Waals surface area contributed by atoms with Gasteiger partial charge in [-0.1, -0.05) is 221 Å². The van der Waals surface area contributed by atoms with Crippen molar-refractivity contribution >= 4 is 12.4 Å². The molecule has 0 aromatic rings. The monoisotopic (exact) mass is 657 g/mol.